The normalized spacial score (nSPS) is 21.9. The van der Waals surface area contributed by atoms with Gasteiger partial charge in [-0.3, -0.25) is 9.59 Å². The molecule has 0 amide bonds. The first-order chi connectivity index (χ1) is 19.3. The number of nitrogens with one attached hydrogen (secondary N) is 1. The van der Waals surface area contributed by atoms with Crippen molar-refractivity contribution in [2.24, 2.45) is 5.92 Å². The van der Waals surface area contributed by atoms with Crippen molar-refractivity contribution in [3.63, 3.8) is 0 Å². The summed E-state index contributed by atoms with van der Waals surface area (Å²) in [6.45, 7) is 4.03. The van der Waals surface area contributed by atoms with E-state index in [0.29, 0.717) is 19.3 Å². The van der Waals surface area contributed by atoms with Crippen LogP contribution in [-0.4, -0.2) is 40.3 Å². The molecule has 8 nitrogen and oxygen atoms in total. The molecular weight excluding hydrogens is 510 g/mol. The third kappa shape index (κ3) is 7.71. The number of benzene rings is 3. The molecule has 3 aromatic rings. The van der Waals surface area contributed by atoms with Gasteiger partial charge in [-0.2, -0.15) is 0 Å². The number of hydrogen-bond acceptors (Lipinski definition) is 6. The molecule has 0 radical (unpaired) electrons. The van der Waals surface area contributed by atoms with E-state index >= 15 is 0 Å². The van der Waals surface area contributed by atoms with Crippen molar-refractivity contribution in [3.8, 4) is 0 Å². The quantitative estimate of drug-likeness (QED) is 0.101. The summed E-state index contributed by atoms with van der Waals surface area (Å²) in [6, 6.07) is 18.7. The largest absolute Gasteiger partial charge is 0.481 e. The van der Waals surface area contributed by atoms with E-state index in [4.69, 9.17) is 24.7 Å². The molecule has 4 rings (SSSR count). The zero-order valence-corrected chi connectivity index (χ0v) is 23.4. The molecule has 1 aliphatic heterocycles. The molecule has 0 bridgehead atoms. The highest BCUT2D eigenvalue weighted by Crippen LogP contribution is 2.39. The molecule has 3 N–H and O–H groups in total. The van der Waals surface area contributed by atoms with E-state index in [2.05, 4.69) is 42.6 Å². The number of fused-ring (bicyclic) bond motifs is 2. The first-order valence-electron chi connectivity index (χ1n) is 14.4. The summed E-state index contributed by atoms with van der Waals surface area (Å²) in [5, 5.41) is 26.0. The number of rotatable bonds is 15. The zero-order valence-electron chi connectivity index (χ0n) is 23.4. The van der Waals surface area contributed by atoms with Crippen LogP contribution in [0.3, 0.4) is 0 Å². The lowest BCUT2D eigenvalue weighted by molar-refractivity contribution is -0.491. The van der Waals surface area contributed by atoms with Crippen LogP contribution >= 0.6 is 0 Å². The van der Waals surface area contributed by atoms with Gasteiger partial charge in [0, 0.05) is 29.5 Å². The van der Waals surface area contributed by atoms with E-state index in [9.17, 15) is 9.59 Å². The summed E-state index contributed by atoms with van der Waals surface area (Å²) >= 11 is 0. The Balaban J connectivity index is 1.54. The highest BCUT2D eigenvalue weighted by molar-refractivity contribution is 6.11. The van der Waals surface area contributed by atoms with Gasteiger partial charge in [-0.1, -0.05) is 81.1 Å². The first-order valence-corrected chi connectivity index (χ1v) is 14.4. The monoisotopic (exact) mass is 551 g/mol. The zero-order chi connectivity index (χ0) is 28.5. The Morgan fingerprint density at radius 3 is 2.05 bits per heavy atom. The molecule has 0 aliphatic carbocycles. The molecule has 0 spiro atoms. The third-order valence-electron chi connectivity index (χ3n) is 7.78. The summed E-state index contributed by atoms with van der Waals surface area (Å²) in [4.78, 5) is 33.7. The third-order valence-corrected chi connectivity index (χ3v) is 7.78. The Morgan fingerprint density at radius 2 is 1.45 bits per heavy atom. The fraction of sp³-hybridized carbons (Fsp3) is 0.500. The Morgan fingerprint density at radius 1 is 0.875 bits per heavy atom. The number of anilines is 1. The van der Waals surface area contributed by atoms with Gasteiger partial charge in [0.05, 0.1) is 5.69 Å². The predicted octanol–water partition coefficient (Wildman–Crippen LogP) is 7.50. The van der Waals surface area contributed by atoms with Gasteiger partial charge in [0.2, 0.25) is 0 Å². The van der Waals surface area contributed by atoms with Crippen LogP contribution in [-0.2, 0) is 24.1 Å². The molecular formula is C32H41NO7. The number of aliphatic carboxylic acids is 2. The van der Waals surface area contributed by atoms with Crippen LogP contribution in [0, 0.1) is 5.92 Å². The smallest absolute Gasteiger partial charge is 0.303 e. The summed E-state index contributed by atoms with van der Waals surface area (Å²) < 4.78 is 6.61. The highest BCUT2D eigenvalue weighted by Gasteiger charge is 2.45. The molecule has 1 saturated heterocycles. The lowest BCUT2D eigenvalue weighted by Crippen LogP contribution is -2.56. The lowest BCUT2D eigenvalue weighted by atomic mass is 9.93. The molecule has 4 atom stereocenters. The number of ether oxygens (including phenoxy) is 1. The minimum absolute atomic E-state index is 0.0403. The van der Waals surface area contributed by atoms with Crippen molar-refractivity contribution in [2.75, 3.05) is 5.32 Å². The molecule has 4 unspecified atom stereocenters. The summed E-state index contributed by atoms with van der Waals surface area (Å²) in [5.74, 6) is -1.51. The summed E-state index contributed by atoms with van der Waals surface area (Å²) in [6.07, 6.45) is 5.21. The van der Waals surface area contributed by atoms with Crippen molar-refractivity contribution in [1.29, 1.82) is 0 Å². The highest BCUT2D eigenvalue weighted by atomic mass is 17.2. The van der Waals surface area contributed by atoms with Crippen LogP contribution in [0.15, 0.2) is 54.6 Å². The van der Waals surface area contributed by atoms with E-state index in [1.165, 1.54) is 0 Å². The van der Waals surface area contributed by atoms with E-state index in [1.54, 1.807) is 0 Å². The van der Waals surface area contributed by atoms with Crippen molar-refractivity contribution < 1.29 is 34.3 Å². The van der Waals surface area contributed by atoms with E-state index in [1.807, 2.05) is 31.2 Å². The number of unbranched alkanes of at least 4 members (excludes halogenated alkanes) is 4. The Labute approximate surface area is 235 Å². The van der Waals surface area contributed by atoms with Gasteiger partial charge in [0.25, 0.3) is 0 Å². The molecule has 1 heterocycles. The molecule has 3 aromatic carbocycles. The first kappa shape index (κ1) is 29.8. The maximum atomic E-state index is 10.9. The van der Waals surface area contributed by atoms with E-state index in [0.717, 1.165) is 59.3 Å². The number of hydrogen-bond donors (Lipinski definition) is 3. The number of carboxylic acid groups (broad SMARTS) is 2. The average molecular weight is 552 g/mol. The molecule has 1 fully saturated rings. The van der Waals surface area contributed by atoms with Crippen molar-refractivity contribution in [3.05, 3.63) is 54.6 Å². The lowest BCUT2D eigenvalue weighted by Gasteiger charge is -2.44. The molecule has 0 aromatic heterocycles. The maximum absolute atomic E-state index is 10.9. The van der Waals surface area contributed by atoms with E-state index < -0.39 is 30.1 Å². The second-order valence-electron chi connectivity index (χ2n) is 11.1. The van der Waals surface area contributed by atoms with Crippen LogP contribution in [0.2, 0.25) is 0 Å². The van der Waals surface area contributed by atoms with Gasteiger partial charge >= 0.3 is 11.9 Å². The Bertz CT molecular complexity index is 1240. The second kappa shape index (κ2) is 13.9. The standard InChI is InChI=1S/C32H41NO7/c1-22(13-5-3-6-18-27(34)35)30-38-31(32(2,40-39-30)20-12-4-7-19-28(36)37)33-29-25-16-10-8-14-23(25)21-24-15-9-11-17-26(24)29/h8-11,14-17,21-22,30-31,33H,3-7,12-13,18-20H2,1-2H3,(H,34,35)(H,36,37). The van der Waals surface area contributed by atoms with Crippen molar-refractivity contribution in [1.82, 2.24) is 0 Å². The summed E-state index contributed by atoms with van der Waals surface area (Å²) in [5.41, 5.74) is 0.167. The Kier molecular flexibility index (Phi) is 10.4. The number of carbonyl (C=O) groups is 2. The predicted molar refractivity (Wildman–Crippen MR) is 155 cm³/mol. The fourth-order valence-electron chi connectivity index (χ4n) is 5.37. The van der Waals surface area contributed by atoms with Gasteiger partial charge in [0.15, 0.2) is 12.5 Å². The van der Waals surface area contributed by atoms with Crippen LogP contribution in [0.25, 0.3) is 21.5 Å². The van der Waals surface area contributed by atoms with Crippen molar-refractivity contribution in [2.45, 2.75) is 96.2 Å². The molecule has 8 heteroatoms. The summed E-state index contributed by atoms with van der Waals surface area (Å²) in [7, 11) is 0. The molecule has 40 heavy (non-hydrogen) atoms. The molecule has 216 valence electrons. The van der Waals surface area contributed by atoms with Gasteiger partial charge in [-0.15, -0.1) is 0 Å². The number of carboxylic acids is 2. The van der Waals surface area contributed by atoms with Gasteiger partial charge < -0.3 is 20.3 Å². The topological polar surface area (TPSA) is 114 Å². The van der Waals surface area contributed by atoms with Crippen LogP contribution in [0.1, 0.15) is 78.1 Å². The van der Waals surface area contributed by atoms with Gasteiger partial charge in [0.1, 0.15) is 5.60 Å². The second-order valence-corrected chi connectivity index (χ2v) is 11.1. The average Bonchev–Trinajstić information content (AvgIpc) is 2.93. The van der Waals surface area contributed by atoms with Crippen LogP contribution in [0.5, 0.6) is 0 Å². The van der Waals surface area contributed by atoms with E-state index in [-0.39, 0.29) is 18.8 Å². The maximum Gasteiger partial charge on any atom is 0.303 e. The minimum Gasteiger partial charge on any atom is -0.481 e. The van der Waals surface area contributed by atoms with Crippen LogP contribution in [0.4, 0.5) is 5.69 Å². The fourth-order valence-corrected chi connectivity index (χ4v) is 5.37. The Hall–Kier alpha value is -3.20. The molecule has 0 saturated carbocycles. The van der Waals surface area contributed by atoms with Crippen molar-refractivity contribution >= 4 is 39.2 Å². The molecule has 1 aliphatic rings. The SMILES string of the molecule is CC(CCCCCC(=O)O)C1OOC(C)(CCCCCC(=O)O)C(Nc2c3ccccc3cc3ccccc23)O1. The van der Waals surface area contributed by atoms with Crippen LogP contribution < -0.4 is 5.32 Å². The van der Waals surface area contributed by atoms with Gasteiger partial charge in [-0.05, 0) is 49.4 Å². The minimum atomic E-state index is -0.807. The van der Waals surface area contributed by atoms with Gasteiger partial charge in [-0.25, -0.2) is 9.78 Å².